The number of carbonyl (C=O) groups is 2. The zero-order valence-corrected chi connectivity index (χ0v) is 18.6. The fourth-order valence-electron chi connectivity index (χ4n) is 3.73. The van der Waals surface area contributed by atoms with Crippen LogP contribution in [0.4, 0.5) is 38.3 Å². The van der Waals surface area contributed by atoms with Crippen LogP contribution in [-0.2, 0) is 15.7 Å². The number of halogens is 6. The van der Waals surface area contributed by atoms with Crippen LogP contribution in [0.5, 0.6) is 0 Å². The number of anilines is 2. The molecular formula is C21H18ClF5N4O3. The van der Waals surface area contributed by atoms with Crippen LogP contribution < -0.4 is 9.80 Å². The van der Waals surface area contributed by atoms with Gasteiger partial charge in [-0.15, -0.1) is 0 Å². The van der Waals surface area contributed by atoms with Gasteiger partial charge in [-0.05, 0) is 31.2 Å². The molecule has 2 fully saturated rings. The van der Waals surface area contributed by atoms with E-state index in [1.165, 1.54) is 18.9 Å². The number of ether oxygens (including phenoxy) is 1. The number of epoxide rings is 1. The van der Waals surface area contributed by atoms with Gasteiger partial charge in [0.15, 0.2) is 5.82 Å². The first-order chi connectivity index (χ1) is 15.9. The third-order valence-electron chi connectivity index (χ3n) is 5.51. The van der Waals surface area contributed by atoms with E-state index in [1.54, 1.807) is 0 Å². The van der Waals surface area contributed by atoms with Crippen LogP contribution in [0.3, 0.4) is 0 Å². The molecule has 0 spiro atoms. The van der Waals surface area contributed by atoms with Crippen LogP contribution in [-0.4, -0.2) is 60.7 Å². The number of amides is 3. The predicted octanol–water partition coefficient (Wildman–Crippen LogP) is 4.01. The number of benzene rings is 1. The van der Waals surface area contributed by atoms with Gasteiger partial charge in [0, 0.05) is 12.7 Å². The van der Waals surface area contributed by atoms with Crippen molar-refractivity contribution in [1.29, 1.82) is 0 Å². The molecule has 0 radical (unpaired) electrons. The van der Waals surface area contributed by atoms with E-state index in [0.29, 0.717) is 12.7 Å². The summed E-state index contributed by atoms with van der Waals surface area (Å²) < 4.78 is 73.4. The Bertz CT molecular complexity index is 1160. The number of aromatic nitrogens is 1. The van der Waals surface area contributed by atoms with Gasteiger partial charge in [-0.3, -0.25) is 9.69 Å². The first-order valence-electron chi connectivity index (χ1n) is 10.0. The number of urea groups is 1. The standard InChI is InChI=1S/C21H18ClF5N4O3/c1-10-5-11(21(25,26)27)6-16(28-10)31-15(8-30(20(31)33)7-12-9-34-12)19(32)29(2)14-4-3-13(23)17(22)18(14)24/h3-6,12,15H,7-9H2,1-2H3. The van der Waals surface area contributed by atoms with Crippen molar-refractivity contribution in [2.45, 2.75) is 25.2 Å². The molecule has 2 atom stereocenters. The lowest BCUT2D eigenvalue weighted by molar-refractivity contribution is -0.137. The maximum Gasteiger partial charge on any atom is 0.416 e. The molecule has 0 aliphatic carbocycles. The fourth-order valence-corrected chi connectivity index (χ4v) is 3.89. The Morgan fingerprint density at radius 2 is 1.97 bits per heavy atom. The molecule has 3 heterocycles. The number of carbonyl (C=O) groups excluding carboxylic acids is 2. The highest BCUT2D eigenvalue weighted by atomic mass is 35.5. The topological polar surface area (TPSA) is 69.3 Å². The predicted molar refractivity (Wildman–Crippen MR) is 112 cm³/mol. The lowest BCUT2D eigenvalue weighted by Crippen LogP contribution is -2.47. The van der Waals surface area contributed by atoms with Gasteiger partial charge in [0.2, 0.25) is 0 Å². The summed E-state index contributed by atoms with van der Waals surface area (Å²) in [6.45, 7) is 1.66. The summed E-state index contributed by atoms with van der Waals surface area (Å²) in [7, 11) is 1.19. The minimum atomic E-state index is -4.71. The molecule has 182 valence electrons. The first kappa shape index (κ1) is 24.1. The maximum absolute atomic E-state index is 14.5. The lowest BCUT2D eigenvalue weighted by atomic mass is 10.1. The second kappa shape index (κ2) is 8.66. The average Bonchev–Trinajstić information content (AvgIpc) is 3.52. The normalized spacial score (nSPS) is 20.2. The smallest absolute Gasteiger partial charge is 0.371 e. The van der Waals surface area contributed by atoms with Crippen LogP contribution in [0.1, 0.15) is 11.3 Å². The van der Waals surface area contributed by atoms with Crippen molar-refractivity contribution in [3.63, 3.8) is 0 Å². The molecule has 0 N–H and O–H groups in total. The Morgan fingerprint density at radius 1 is 1.29 bits per heavy atom. The van der Waals surface area contributed by atoms with Crippen LogP contribution in [0, 0.1) is 18.6 Å². The summed E-state index contributed by atoms with van der Waals surface area (Å²) in [6.07, 6.45) is -4.96. The second-order valence-electron chi connectivity index (χ2n) is 7.97. The first-order valence-corrected chi connectivity index (χ1v) is 10.4. The quantitative estimate of drug-likeness (QED) is 0.350. The lowest BCUT2D eigenvalue weighted by Gasteiger charge is -2.27. The molecule has 0 bridgehead atoms. The zero-order chi connectivity index (χ0) is 24.9. The van der Waals surface area contributed by atoms with E-state index in [2.05, 4.69) is 4.98 Å². The van der Waals surface area contributed by atoms with Gasteiger partial charge in [0.1, 0.15) is 22.7 Å². The third-order valence-corrected chi connectivity index (χ3v) is 5.86. The van der Waals surface area contributed by atoms with Crippen molar-refractivity contribution >= 4 is 35.0 Å². The number of hydrogen-bond acceptors (Lipinski definition) is 4. The number of nitrogens with zero attached hydrogens (tertiary/aromatic N) is 4. The van der Waals surface area contributed by atoms with Crippen molar-refractivity contribution in [2.24, 2.45) is 0 Å². The van der Waals surface area contributed by atoms with Gasteiger partial charge in [0.25, 0.3) is 5.91 Å². The molecule has 0 saturated carbocycles. The van der Waals surface area contributed by atoms with E-state index in [4.69, 9.17) is 16.3 Å². The zero-order valence-electron chi connectivity index (χ0n) is 17.9. The molecular weight excluding hydrogens is 487 g/mol. The SMILES string of the molecule is Cc1cc(C(F)(F)F)cc(N2C(=O)N(CC3CO3)CC2C(=O)N(C)c2ccc(F)c(Cl)c2F)n1. The van der Waals surface area contributed by atoms with Gasteiger partial charge in [0.05, 0.1) is 37.1 Å². The Kier molecular flexibility index (Phi) is 6.15. The Hall–Kier alpha value is -2.99. The summed E-state index contributed by atoms with van der Waals surface area (Å²) in [4.78, 5) is 33.5. The van der Waals surface area contributed by atoms with Crippen LogP contribution in [0.25, 0.3) is 0 Å². The van der Waals surface area contributed by atoms with E-state index in [0.717, 1.165) is 28.0 Å². The second-order valence-corrected chi connectivity index (χ2v) is 8.35. The van der Waals surface area contributed by atoms with E-state index in [1.807, 2.05) is 0 Å². The molecule has 2 aromatic rings. The average molecular weight is 505 g/mol. The minimum absolute atomic E-state index is 0.0162. The Balaban J connectivity index is 1.73. The number of aryl methyl sites for hydroxylation is 1. The van der Waals surface area contributed by atoms with Gasteiger partial charge >= 0.3 is 12.2 Å². The van der Waals surface area contributed by atoms with Crippen molar-refractivity contribution in [3.05, 3.63) is 52.2 Å². The van der Waals surface area contributed by atoms with Crippen molar-refractivity contribution in [1.82, 2.24) is 9.88 Å². The summed E-state index contributed by atoms with van der Waals surface area (Å²) in [5, 5.41) is -0.820. The van der Waals surface area contributed by atoms with E-state index in [-0.39, 0.29) is 36.4 Å². The molecule has 2 aliphatic heterocycles. The summed E-state index contributed by atoms with van der Waals surface area (Å²) >= 11 is 5.61. The molecule has 34 heavy (non-hydrogen) atoms. The third kappa shape index (κ3) is 4.51. The van der Waals surface area contributed by atoms with E-state index < -0.39 is 46.4 Å². The molecule has 7 nitrogen and oxygen atoms in total. The molecule has 2 unspecified atom stereocenters. The van der Waals surface area contributed by atoms with Gasteiger partial charge < -0.3 is 14.5 Å². The summed E-state index contributed by atoms with van der Waals surface area (Å²) in [6, 6.07) is 1.28. The van der Waals surface area contributed by atoms with E-state index in [9.17, 15) is 31.5 Å². The van der Waals surface area contributed by atoms with E-state index >= 15 is 0 Å². The van der Waals surface area contributed by atoms with Crippen molar-refractivity contribution in [2.75, 3.05) is 36.5 Å². The monoisotopic (exact) mass is 504 g/mol. The summed E-state index contributed by atoms with van der Waals surface area (Å²) in [5.74, 6) is -3.42. The number of rotatable bonds is 5. The maximum atomic E-state index is 14.5. The van der Waals surface area contributed by atoms with Crippen LogP contribution in [0.15, 0.2) is 24.3 Å². The van der Waals surface area contributed by atoms with Crippen LogP contribution in [0.2, 0.25) is 5.02 Å². The number of likely N-dealkylation sites (N-methyl/N-ethyl adjacent to an activating group) is 1. The van der Waals surface area contributed by atoms with Gasteiger partial charge in [-0.25, -0.2) is 18.6 Å². The molecule has 1 aromatic carbocycles. The molecule has 2 saturated heterocycles. The number of alkyl halides is 3. The fraction of sp³-hybridized carbons (Fsp3) is 0.381. The highest BCUT2D eigenvalue weighted by Gasteiger charge is 2.47. The van der Waals surface area contributed by atoms with Crippen molar-refractivity contribution in [3.8, 4) is 0 Å². The number of hydrogen-bond donors (Lipinski definition) is 0. The van der Waals surface area contributed by atoms with Gasteiger partial charge in [-0.2, -0.15) is 13.2 Å². The van der Waals surface area contributed by atoms with Crippen molar-refractivity contribution < 1.29 is 36.3 Å². The molecule has 1 aromatic heterocycles. The van der Waals surface area contributed by atoms with Crippen LogP contribution >= 0.6 is 11.6 Å². The Labute approximate surface area is 195 Å². The highest BCUT2D eigenvalue weighted by molar-refractivity contribution is 6.31. The molecule has 2 aliphatic rings. The number of pyridine rings is 1. The molecule has 13 heteroatoms. The largest absolute Gasteiger partial charge is 0.416 e. The molecule has 3 amide bonds. The Morgan fingerprint density at radius 3 is 2.59 bits per heavy atom. The summed E-state index contributed by atoms with van der Waals surface area (Å²) in [5.41, 5.74) is -1.42. The molecule has 4 rings (SSSR count). The minimum Gasteiger partial charge on any atom is -0.371 e. The highest BCUT2D eigenvalue weighted by Crippen LogP contribution is 2.35. The van der Waals surface area contributed by atoms with Gasteiger partial charge in [-0.1, -0.05) is 11.6 Å².